The molecule has 3 aromatic carbocycles. The van der Waals surface area contributed by atoms with Gasteiger partial charge < -0.3 is 19.4 Å². The molecule has 0 unspecified atom stereocenters. The van der Waals surface area contributed by atoms with Gasteiger partial charge in [0.2, 0.25) is 17.1 Å². The molecule has 0 atom stereocenters. The van der Waals surface area contributed by atoms with Crippen LogP contribution in [0.25, 0.3) is 11.1 Å². The molecule has 1 aliphatic heterocycles. The van der Waals surface area contributed by atoms with Crippen LogP contribution in [0.15, 0.2) is 94.3 Å². The summed E-state index contributed by atoms with van der Waals surface area (Å²) in [6.45, 7) is 4.49. The minimum atomic E-state index is -0.257. The number of benzene rings is 3. The smallest absolute Gasteiger partial charge is 0.253 e. The monoisotopic (exact) mass is 562 g/mol. The van der Waals surface area contributed by atoms with E-state index < -0.39 is 0 Å². The van der Waals surface area contributed by atoms with Gasteiger partial charge in [0.1, 0.15) is 18.6 Å². The van der Waals surface area contributed by atoms with Crippen molar-refractivity contribution in [2.75, 3.05) is 31.5 Å². The molecule has 5 rings (SSSR count). The summed E-state index contributed by atoms with van der Waals surface area (Å²) in [5.41, 5.74) is 4.25. The molecule has 1 aromatic heterocycles. The second-order valence-electron chi connectivity index (χ2n) is 10.0. The van der Waals surface area contributed by atoms with Gasteiger partial charge in [0.05, 0.1) is 18.2 Å². The molecule has 0 saturated carbocycles. The van der Waals surface area contributed by atoms with Gasteiger partial charge in [-0.2, -0.15) is 5.26 Å². The van der Waals surface area contributed by atoms with E-state index in [-0.39, 0.29) is 29.6 Å². The Hall–Kier alpha value is -5.20. The molecule has 0 aliphatic carbocycles. The van der Waals surface area contributed by atoms with Crippen LogP contribution in [-0.2, 0) is 17.9 Å². The Labute approximate surface area is 243 Å². The summed E-state index contributed by atoms with van der Waals surface area (Å²) >= 11 is 0. The number of hydrogen-bond donors (Lipinski definition) is 1. The maximum Gasteiger partial charge on any atom is 0.253 e. The predicted octanol–water partition coefficient (Wildman–Crippen LogP) is 4.67. The number of carbonyl (C=O) groups excluding carboxylic acids is 2. The molecule has 42 heavy (non-hydrogen) atoms. The van der Waals surface area contributed by atoms with E-state index in [2.05, 4.69) is 16.3 Å². The van der Waals surface area contributed by atoms with Gasteiger partial charge in [0.25, 0.3) is 5.91 Å². The molecule has 2 amide bonds. The molecule has 1 N–H and O–H groups in total. The van der Waals surface area contributed by atoms with Crippen LogP contribution in [-0.4, -0.2) is 47.8 Å². The Kier molecular flexibility index (Phi) is 8.75. The quantitative estimate of drug-likeness (QED) is 0.332. The van der Waals surface area contributed by atoms with Gasteiger partial charge in [-0.3, -0.25) is 19.3 Å². The average Bonchev–Trinajstić information content (AvgIpc) is 3.01. The first-order valence-electron chi connectivity index (χ1n) is 13.6. The highest BCUT2D eigenvalue weighted by molar-refractivity contribution is 5.95. The zero-order valence-corrected chi connectivity index (χ0v) is 23.2. The third-order valence-electron chi connectivity index (χ3n) is 7.05. The highest BCUT2D eigenvalue weighted by atomic mass is 16.5. The zero-order chi connectivity index (χ0) is 29.5. The van der Waals surface area contributed by atoms with Gasteiger partial charge >= 0.3 is 0 Å². The Morgan fingerprint density at radius 1 is 0.976 bits per heavy atom. The van der Waals surface area contributed by atoms with Crippen molar-refractivity contribution in [3.8, 4) is 22.9 Å². The van der Waals surface area contributed by atoms with Crippen LogP contribution in [0, 0.1) is 11.3 Å². The largest absolute Gasteiger partial charge is 0.482 e. The summed E-state index contributed by atoms with van der Waals surface area (Å²) in [5.74, 6) is 0.447. The lowest BCUT2D eigenvalue weighted by Crippen LogP contribution is -2.48. The maximum atomic E-state index is 12.9. The number of piperazine rings is 1. The lowest BCUT2D eigenvalue weighted by atomic mass is 9.99. The van der Waals surface area contributed by atoms with E-state index in [1.807, 2.05) is 42.5 Å². The van der Waals surface area contributed by atoms with Crippen molar-refractivity contribution in [3.05, 3.63) is 118 Å². The number of rotatable bonds is 8. The Balaban J connectivity index is 1.11. The zero-order valence-electron chi connectivity index (χ0n) is 23.2. The average molecular weight is 563 g/mol. The molecule has 4 aromatic rings. The molecule has 0 spiro atoms. The van der Waals surface area contributed by atoms with Crippen LogP contribution in [0.2, 0.25) is 0 Å². The summed E-state index contributed by atoms with van der Waals surface area (Å²) in [7, 11) is 0. The summed E-state index contributed by atoms with van der Waals surface area (Å²) in [6.07, 6.45) is 1.35. The summed E-state index contributed by atoms with van der Waals surface area (Å²) in [6, 6.07) is 25.6. The molecule has 2 heterocycles. The number of carbonyl (C=O) groups is 2. The fraction of sp³-hybridized carbons (Fsp3) is 0.212. The number of nitrogens with one attached hydrogen (secondary N) is 1. The summed E-state index contributed by atoms with van der Waals surface area (Å²) in [5, 5.41) is 12.0. The standard InChI is InChI=1S/C33H30N4O5/c1-23(38)35-28-12-10-26(11-13-28)33(40)37-16-14-36(15-17-37)20-29-18-31(39)32(22-41-29)42-21-24-6-8-25(9-7-24)30-5-3-2-4-27(30)19-34/h2-13,18,22H,14-17,20-21H2,1H3,(H,35,38). The van der Waals surface area contributed by atoms with Crippen LogP contribution < -0.4 is 15.5 Å². The van der Waals surface area contributed by atoms with E-state index >= 15 is 0 Å². The molecule has 1 fully saturated rings. The summed E-state index contributed by atoms with van der Waals surface area (Å²) in [4.78, 5) is 40.7. The van der Waals surface area contributed by atoms with Crippen molar-refractivity contribution >= 4 is 17.5 Å². The highest BCUT2D eigenvalue weighted by Gasteiger charge is 2.23. The van der Waals surface area contributed by atoms with Gasteiger partial charge in [-0.05, 0) is 47.0 Å². The van der Waals surface area contributed by atoms with Crippen LogP contribution in [0.3, 0.4) is 0 Å². The molecular formula is C33H30N4O5. The van der Waals surface area contributed by atoms with Crippen molar-refractivity contribution in [3.63, 3.8) is 0 Å². The first kappa shape index (κ1) is 28.3. The number of hydrogen-bond acceptors (Lipinski definition) is 7. The molecular weight excluding hydrogens is 532 g/mol. The number of ether oxygens (including phenoxy) is 1. The van der Waals surface area contributed by atoms with Gasteiger partial charge in [0.15, 0.2) is 0 Å². The third kappa shape index (κ3) is 6.92. The molecule has 9 heteroatoms. The van der Waals surface area contributed by atoms with Gasteiger partial charge in [-0.25, -0.2) is 0 Å². The first-order valence-corrected chi connectivity index (χ1v) is 13.6. The second kappa shape index (κ2) is 13.0. The van der Waals surface area contributed by atoms with Gasteiger partial charge in [0, 0.05) is 50.4 Å². The Bertz CT molecular complexity index is 1660. The molecule has 1 saturated heterocycles. The molecule has 0 radical (unpaired) electrons. The second-order valence-corrected chi connectivity index (χ2v) is 10.0. The van der Waals surface area contributed by atoms with Crippen molar-refractivity contribution in [2.45, 2.75) is 20.1 Å². The SMILES string of the molecule is CC(=O)Nc1ccc(C(=O)N2CCN(Cc3cc(=O)c(OCc4ccc(-c5ccccc5C#N)cc4)co3)CC2)cc1. The van der Waals surface area contributed by atoms with Gasteiger partial charge in [-0.15, -0.1) is 0 Å². The van der Waals surface area contributed by atoms with Crippen molar-refractivity contribution < 1.29 is 18.7 Å². The van der Waals surface area contributed by atoms with E-state index in [9.17, 15) is 19.6 Å². The highest BCUT2D eigenvalue weighted by Crippen LogP contribution is 2.24. The minimum absolute atomic E-state index is 0.0568. The van der Waals surface area contributed by atoms with E-state index in [0.29, 0.717) is 55.3 Å². The van der Waals surface area contributed by atoms with E-state index in [1.165, 1.54) is 19.3 Å². The van der Waals surface area contributed by atoms with E-state index in [1.54, 1.807) is 35.2 Å². The minimum Gasteiger partial charge on any atom is -0.482 e. The maximum absolute atomic E-state index is 12.9. The normalized spacial score (nSPS) is 13.3. The van der Waals surface area contributed by atoms with Crippen LogP contribution >= 0.6 is 0 Å². The predicted molar refractivity (Wildman–Crippen MR) is 158 cm³/mol. The van der Waals surface area contributed by atoms with Gasteiger partial charge in [-0.1, -0.05) is 42.5 Å². The van der Waals surface area contributed by atoms with E-state index in [4.69, 9.17) is 9.15 Å². The summed E-state index contributed by atoms with van der Waals surface area (Å²) < 4.78 is 11.4. The lowest BCUT2D eigenvalue weighted by molar-refractivity contribution is -0.114. The number of nitriles is 1. The van der Waals surface area contributed by atoms with Crippen molar-refractivity contribution in [2.24, 2.45) is 0 Å². The Morgan fingerprint density at radius 3 is 2.36 bits per heavy atom. The fourth-order valence-corrected chi connectivity index (χ4v) is 4.81. The number of anilines is 1. The topological polar surface area (TPSA) is 116 Å². The third-order valence-corrected chi connectivity index (χ3v) is 7.05. The molecule has 0 bridgehead atoms. The lowest BCUT2D eigenvalue weighted by Gasteiger charge is -2.34. The van der Waals surface area contributed by atoms with Crippen molar-refractivity contribution in [1.82, 2.24) is 9.80 Å². The Morgan fingerprint density at radius 2 is 1.69 bits per heavy atom. The van der Waals surface area contributed by atoms with Crippen LogP contribution in [0.1, 0.15) is 34.2 Å². The van der Waals surface area contributed by atoms with E-state index in [0.717, 1.165) is 16.7 Å². The molecule has 9 nitrogen and oxygen atoms in total. The molecule has 1 aliphatic rings. The fourth-order valence-electron chi connectivity index (χ4n) is 4.81. The van der Waals surface area contributed by atoms with Crippen molar-refractivity contribution in [1.29, 1.82) is 5.26 Å². The van der Waals surface area contributed by atoms with Crippen LogP contribution in [0.4, 0.5) is 5.69 Å². The number of nitrogens with zero attached hydrogens (tertiary/aromatic N) is 3. The molecule has 212 valence electrons. The van der Waals surface area contributed by atoms with Crippen LogP contribution in [0.5, 0.6) is 5.75 Å². The first-order chi connectivity index (χ1) is 20.4. The number of amides is 2.